The number of carbonyl (C=O) groups excluding carboxylic acids is 2. The highest BCUT2D eigenvalue weighted by molar-refractivity contribution is 8.14. The first kappa shape index (κ1) is 36.7. The van der Waals surface area contributed by atoms with E-state index in [1.807, 2.05) is 0 Å². The summed E-state index contributed by atoms with van der Waals surface area (Å²) in [6.45, 7) is 4.39. The van der Waals surface area contributed by atoms with Crippen LogP contribution in [0.4, 0.5) is 10.2 Å². The lowest BCUT2D eigenvalue weighted by Crippen LogP contribution is -2.33. The van der Waals surface area contributed by atoms with Crippen molar-refractivity contribution in [3.05, 3.63) is 12.4 Å². The van der Waals surface area contributed by atoms with Gasteiger partial charge in [0.05, 0.1) is 50.2 Å². The van der Waals surface area contributed by atoms with E-state index in [-0.39, 0.29) is 65.1 Å². The third-order valence-electron chi connectivity index (χ3n) is 6.46. The van der Waals surface area contributed by atoms with Crippen LogP contribution in [0.1, 0.15) is 33.9 Å². The summed E-state index contributed by atoms with van der Waals surface area (Å²) in [5.74, 6) is -0.167. The van der Waals surface area contributed by atoms with E-state index in [4.69, 9.17) is 24.0 Å². The molecule has 0 spiro atoms. The fraction of sp³-hybridized carbons (Fsp3) is 0.708. The molecule has 1 fully saturated rings. The fourth-order valence-corrected chi connectivity index (χ4v) is 6.60. The van der Waals surface area contributed by atoms with Crippen LogP contribution in [0.25, 0.3) is 11.2 Å². The topological polar surface area (TPSA) is 239 Å². The molecule has 248 valence electrons. The predicted octanol–water partition coefficient (Wildman–Crippen LogP) is 0.881. The number of thioether (sulfide) groups is 2. The van der Waals surface area contributed by atoms with Crippen LogP contribution in [0.3, 0.4) is 0 Å². The number of halogens is 1. The number of carbonyl (C=O) groups is 2. The van der Waals surface area contributed by atoms with Crippen LogP contribution in [0, 0.1) is 16.9 Å². The molecule has 20 heteroatoms. The predicted molar refractivity (Wildman–Crippen MR) is 158 cm³/mol. The van der Waals surface area contributed by atoms with E-state index < -0.39 is 55.9 Å². The number of rotatable bonds is 16. The molecule has 2 aromatic rings. The third-order valence-corrected chi connectivity index (χ3v) is 10.3. The number of nitrogens with zero attached hydrogens (tertiary/aromatic N) is 4. The van der Waals surface area contributed by atoms with Crippen molar-refractivity contribution in [2.24, 2.45) is 10.8 Å². The molecule has 4 atom stereocenters. The van der Waals surface area contributed by atoms with E-state index in [1.54, 1.807) is 27.7 Å². The number of ether oxygens (including phenoxy) is 1. The van der Waals surface area contributed by atoms with Crippen molar-refractivity contribution in [1.29, 1.82) is 0 Å². The van der Waals surface area contributed by atoms with E-state index >= 15 is 0 Å². The third kappa shape index (κ3) is 8.94. The van der Waals surface area contributed by atoms with Crippen molar-refractivity contribution in [2.45, 2.75) is 52.2 Å². The Morgan fingerprint density at radius 1 is 1.02 bits per heavy atom. The van der Waals surface area contributed by atoms with Crippen LogP contribution in [0.5, 0.6) is 0 Å². The summed E-state index contributed by atoms with van der Waals surface area (Å²) < 4.78 is 50.4. The second-order valence-corrected chi connectivity index (χ2v) is 14.8. The molecule has 44 heavy (non-hydrogen) atoms. The number of anilines is 1. The first-order valence-corrected chi connectivity index (χ1v) is 16.8. The highest BCUT2D eigenvalue weighted by atomic mass is 32.2. The van der Waals surface area contributed by atoms with Gasteiger partial charge in [0.25, 0.3) is 0 Å². The number of phosphoric ester groups is 1. The molecule has 3 heterocycles. The number of nitrogen functional groups attached to an aromatic ring is 1. The number of nitrogens with two attached hydrogens (primary N) is 1. The number of aliphatic hydroxyl groups excluding tert-OH is 4. The second-order valence-electron chi connectivity index (χ2n) is 11.0. The highest BCUT2D eigenvalue weighted by Gasteiger charge is 2.46. The number of fused-ring (bicyclic) bond motifs is 1. The van der Waals surface area contributed by atoms with E-state index in [2.05, 4.69) is 15.0 Å². The Morgan fingerprint density at radius 2 is 1.57 bits per heavy atom. The molecule has 1 aliphatic heterocycles. The van der Waals surface area contributed by atoms with E-state index in [1.165, 1.54) is 6.33 Å². The molecule has 0 saturated carbocycles. The molecular formula is C24H37FN5O11PS2. The van der Waals surface area contributed by atoms with Gasteiger partial charge in [-0.25, -0.2) is 9.55 Å². The van der Waals surface area contributed by atoms with Crippen LogP contribution in [-0.2, 0) is 32.5 Å². The van der Waals surface area contributed by atoms with Crippen LogP contribution < -0.4 is 5.73 Å². The number of aromatic nitrogens is 4. The molecule has 1 unspecified atom stereocenters. The minimum Gasteiger partial charge on any atom is -0.395 e. The zero-order valence-corrected chi connectivity index (χ0v) is 27.0. The Labute approximate surface area is 260 Å². The summed E-state index contributed by atoms with van der Waals surface area (Å²) in [7, 11) is -4.39. The number of imidazole rings is 1. The lowest BCUT2D eigenvalue weighted by Gasteiger charge is -2.22. The number of phosphoric acid groups is 1. The van der Waals surface area contributed by atoms with Gasteiger partial charge < -0.3 is 30.9 Å². The summed E-state index contributed by atoms with van der Waals surface area (Å²) in [5.41, 5.74) is 3.63. The molecule has 0 aliphatic carbocycles. The maximum absolute atomic E-state index is 13.8. The molecule has 2 aromatic heterocycles. The maximum Gasteiger partial charge on any atom is 0.474 e. The van der Waals surface area contributed by atoms with Gasteiger partial charge in [-0.15, -0.1) is 0 Å². The van der Waals surface area contributed by atoms with Gasteiger partial charge in [-0.2, -0.15) is 14.4 Å². The zero-order valence-electron chi connectivity index (χ0n) is 24.5. The van der Waals surface area contributed by atoms with Gasteiger partial charge in [-0.05, 0) is 27.7 Å². The number of hydrogen-bond acceptors (Lipinski definition) is 17. The summed E-state index contributed by atoms with van der Waals surface area (Å²) in [6.07, 6.45) is -5.70. The Hall–Kier alpha value is -1.77. The summed E-state index contributed by atoms with van der Waals surface area (Å²) in [4.78, 5) is 35.6. The largest absolute Gasteiger partial charge is 0.474 e. The van der Waals surface area contributed by atoms with Gasteiger partial charge in [0, 0.05) is 11.5 Å². The van der Waals surface area contributed by atoms with E-state index in [0.29, 0.717) is 0 Å². The molecular weight excluding hydrogens is 648 g/mol. The second kappa shape index (κ2) is 15.2. The van der Waals surface area contributed by atoms with Crippen molar-refractivity contribution in [2.75, 3.05) is 50.3 Å². The van der Waals surface area contributed by atoms with Crippen LogP contribution >= 0.6 is 31.3 Å². The van der Waals surface area contributed by atoms with Gasteiger partial charge in [0.15, 0.2) is 33.4 Å². The molecule has 0 aromatic carbocycles. The average Bonchev–Trinajstić information content (AvgIpc) is 3.52. The van der Waals surface area contributed by atoms with Crippen molar-refractivity contribution in [3.8, 4) is 0 Å². The Kier molecular flexibility index (Phi) is 12.7. The van der Waals surface area contributed by atoms with Gasteiger partial charge in [-0.1, -0.05) is 23.5 Å². The summed E-state index contributed by atoms with van der Waals surface area (Å²) in [6, 6.07) is 0. The monoisotopic (exact) mass is 685 g/mol. The lowest BCUT2D eigenvalue weighted by atomic mass is 9.97. The van der Waals surface area contributed by atoms with Gasteiger partial charge in [0.1, 0.15) is 18.3 Å². The molecule has 1 aliphatic rings. The molecule has 3 rings (SSSR count). The molecule has 16 nitrogen and oxygen atoms in total. The smallest absolute Gasteiger partial charge is 0.395 e. The molecule has 1 saturated heterocycles. The minimum absolute atomic E-state index is 0.0372. The first-order chi connectivity index (χ1) is 20.5. The van der Waals surface area contributed by atoms with Gasteiger partial charge in [0.2, 0.25) is 0 Å². The molecule has 0 amide bonds. The number of aliphatic hydroxyl groups is 4. The van der Waals surface area contributed by atoms with Crippen molar-refractivity contribution in [3.63, 3.8) is 0 Å². The maximum atomic E-state index is 13.8. The zero-order chi connectivity index (χ0) is 32.9. The molecule has 0 bridgehead atoms. The first-order valence-electron chi connectivity index (χ1n) is 13.3. The van der Waals surface area contributed by atoms with Crippen LogP contribution in [0.2, 0.25) is 0 Å². The quantitative estimate of drug-likeness (QED) is 0.0936. The Morgan fingerprint density at radius 3 is 2.09 bits per heavy atom. The van der Waals surface area contributed by atoms with E-state index in [0.717, 1.165) is 28.1 Å². The normalized spacial score (nSPS) is 21.3. The Balaban J connectivity index is 1.66. The average molecular weight is 686 g/mol. The standard InChI is InChI=1S/C24H37FN5O11PS2/c1-23(2,10-31)20(35)43-7-5-38-42(37,39-6-8-44-21(36)24(3,4)11-32)40-9-13-15(33)16(34)19(41-13)30-12-27-14-17(26)28-22(25)29-18(14)30/h12-13,15-16,19,31-34H,5-11H2,1-4H3,(H2,26,28,29)/t13-,15?,16-,19+/m1/s1. The van der Waals surface area contributed by atoms with Crippen molar-refractivity contribution >= 4 is 58.6 Å². The number of hydrogen-bond donors (Lipinski definition) is 5. The lowest BCUT2D eigenvalue weighted by molar-refractivity contribution is -0.120. The molecule has 0 radical (unpaired) electrons. The van der Waals surface area contributed by atoms with Crippen molar-refractivity contribution < 1.29 is 57.3 Å². The van der Waals surface area contributed by atoms with Gasteiger partial charge in [-0.3, -0.25) is 27.7 Å². The van der Waals surface area contributed by atoms with Crippen LogP contribution in [0.15, 0.2) is 6.33 Å². The Bertz CT molecular complexity index is 1330. The van der Waals surface area contributed by atoms with E-state index in [9.17, 15) is 39.0 Å². The summed E-state index contributed by atoms with van der Waals surface area (Å²) >= 11 is 1.70. The minimum atomic E-state index is -4.39. The summed E-state index contributed by atoms with van der Waals surface area (Å²) in [5, 5.41) is 39.4. The molecule has 6 N–H and O–H groups in total. The van der Waals surface area contributed by atoms with Crippen LogP contribution in [-0.4, -0.2) is 113 Å². The van der Waals surface area contributed by atoms with Crippen molar-refractivity contribution in [1.82, 2.24) is 19.5 Å². The van der Waals surface area contributed by atoms with Gasteiger partial charge >= 0.3 is 13.9 Å². The SMILES string of the molecule is CC(C)(CO)C(=O)SCCOP(=O)(OCCSC(=O)C(C)(C)CO)OC[C@H]1O[C@H](n2cnc3c(N)nc(F)nc32)[C@H](O)C1O. The highest BCUT2D eigenvalue weighted by Crippen LogP contribution is 2.50. The fourth-order valence-electron chi connectivity index (χ4n) is 3.56.